The summed E-state index contributed by atoms with van der Waals surface area (Å²) in [6.45, 7) is 4.93. The Morgan fingerprint density at radius 2 is 1.85 bits per heavy atom. The molecule has 0 saturated carbocycles. The first-order valence-electron chi connectivity index (χ1n) is 9.31. The van der Waals surface area contributed by atoms with Crippen molar-refractivity contribution in [1.29, 1.82) is 0 Å². The SMILES string of the molecule is CC(C)C(=O)N1C[C@H](c2cccc(F)c2)[C@H](C(=O)NCc2ccccc2)C1. The lowest BCUT2D eigenvalue weighted by atomic mass is 9.88. The van der Waals surface area contributed by atoms with E-state index >= 15 is 0 Å². The van der Waals surface area contributed by atoms with Gasteiger partial charge in [-0.15, -0.1) is 0 Å². The molecule has 1 N–H and O–H groups in total. The minimum Gasteiger partial charge on any atom is -0.352 e. The molecule has 142 valence electrons. The standard InChI is InChI=1S/C22H25FN2O2/c1-15(2)22(27)25-13-19(17-9-6-10-18(23)11-17)20(14-25)21(26)24-12-16-7-4-3-5-8-16/h3-11,15,19-20H,12-14H2,1-2H3,(H,24,26)/t19-,20-/m1/s1. The van der Waals surface area contributed by atoms with Gasteiger partial charge >= 0.3 is 0 Å². The van der Waals surface area contributed by atoms with Crippen LogP contribution < -0.4 is 5.32 Å². The van der Waals surface area contributed by atoms with Crippen LogP contribution in [0.4, 0.5) is 4.39 Å². The Hall–Kier alpha value is -2.69. The van der Waals surface area contributed by atoms with E-state index in [9.17, 15) is 14.0 Å². The second kappa shape index (κ2) is 8.33. The number of rotatable bonds is 5. The van der Waals surface area contributed by atoms with Crippen molar-refractivity contribution in [1.82, 2.24) is 10.2 Å². The Labute approximate surface area is 159 Å². The van der Waals surface area contributed by atoms with Gasteiger partial charge in [0.1, 0.15) is 5.82 Å². The zero-order chi connectivity index (χ0) is 19.4. The minimum atomic E-state index is -0.391. The normalized spacial score (nSPS) is 19.3. The van der Waals surface area contributed by atoms with Crippen molar-refractivity contribution in [3.8, 4) is 0 Å². The van der Waals surface area contributed by atoms with Crippen LogP contribution in [0.5, 0.6) is 0 Å². The third-order valence-electron chi connectivity index (χ3n) is 5.05. The van der Waals surface area contributed by atoms with E-state index in [1.807, 2.05) is 50.2 Å². The predicted octanol–water partition coefficient (Wildman–Crippen LogP) is 3.34. The molecule has 0 bridgehead atoms. The monoisotopic (exact) mass is 368 g/mol. The fourth-order valence-electron chi connectivity index (χ4n) is 3.61. The van der Waals surface area contributed by atoms with E-state index in [-0.39, 0.29) is 29.5 Å². The van der Waals surface area contributed by atoms with Crippen molar-refractivity contribution in [2.75, 3.05) is 13.1 Å². The van der Waals surface area contributed by atoms with Crippen LogP contribution in [-0.2, 0) is 16.1 Å². The van der Waals surface area contributed by atoms with Gasteiger partial charge < -0.3 is 10.2 Å². The van der Waals surface area contributed by atoms with Gasteiger partial charge in [0, 0.05) is 31.5 Å². The Morgan fingerprint density at radius 1 is 1.11 bits per heavy atom. The summed E-state index contributed by atoms with van der Waals surface area (Å²) >= 11 is 0. The third kappa shape index (κ3) is 4.54. The molecule has 3 rings (SSSR count). The number of nitrogens with one attached hydrogen (secondary N) is 1. The molecule has 0 unspecified atom stereocenters. The molecule has 0 spiro atoms. The first-order chi connectivity index (χ1) is 13.0. The number of likely N-dealkylation sites (tertiary alicyclic amines) is 1. The molecule has 2 aromatic carbocycles. The molecule has 1 saturated heterocycles. The Bertz CT molecular complexity index is 807. The summed E-state index contributed by atoms with van der Waals surface area (Å²) in [6, 6.07) is 16.0. The molecular formula is C22H25FN2O2. The number of nitrogens with zero attached hydrogens (tertiary/aromatic N) is 1. The van der Waals surface area contributed by atoms with Crippen LogP contribution in [0.3, 0.4) is 0 Å². The minimum absolute atomic E-state index is 0.0229. The summed E-state index contributed by atoms with van der Waals surface area (Å²) in [5.74, 6) is -1.15. The van der Waals surface area contributed by atoms with Crippen LogP contribution in [0.1, 0.15) is 30.9 Å². The van der Waals surface area contributed by atoms with E-state index in [0.29, 0.717) is 19.6 Å². The highest BCUT2D eigenvalue weighted by Crippen LogP contribution is 2.34. The molecule has 4 nitrogen and oxygen atoms in total. The van der Waals surface area contributed by atoms with Crippen molar-refractivity contribution in [2.45, 2.75) is 26.3 Å². The Kier molecular flexibility index (Phi) is 5.89. The molecule has 1 aliphatic rings. The van der Waals surface area contributed by atoms with E-state index in [1.165, 1.54) is 12.1 Å². The van der Waals surface area contributed by atoms with Gasteiger partial charge in [-0.1, -0.05) is 56.3 Å². The summed E-state index contributed by atoms with van der Waals surface area (Å²) in [4.78, 5) is 27.1. The highest BCUT2D eigenvalue weighted by atomic mass is 19.1. The molecule has 0 aliphatic carbocycles. The zero-order valence-corrected chi connectivity index (χ0v) is 15.7. The lowest BCUT2D eigenvalue weighted by Crippen LogP contribution is -2.36. The Balaban J connectivity index is 1.78. The summed E-state index contributed by atoms with van der Waals surface area (Å²) in [6.07, 6.45) is 0. The van der Waals surface area contributed by atoms with Crippen molar-refractivity contribution < 1.29 is 14.0 Å². The maximum atomic E-state index is 13.7. The molecule has 2 amide bonds. The van der Waals surface area contributed by atoms with E-state index in [4.69, 9.17) is 0 Å². The van der Waals surface area contributed by atoms with Crippen molar-refractivity contribution >= 4 is 11.8 Å². The number of carbonyl (C=O) groups excluding carboxylic acids is 2. The van der Waals surface area contributed by atoms with E-state index in [1.54, 1.807) is 11.0 Å². The smallest absolute Gasteiger partial charge is 0.225 e. The van der Waals surface area contributed by atoms with Gasteiger partial charge in [0.05, 0.1) is 5.92 Å². The van der Waals surface area contributed by atoms with Crippen LogP contribution in [-0.4, -0.2) is 29.8 Å². The van der Waals surface area contributed by atoms with E-state index in [2.05, 4.69) is 5.32 Å². The number of hydrogen-bond donors (Lipinski definition) is 1. The maximum absolute atomic E-state index is 13.7. The quantitative estimate of drug-likeness (QED) is 0.880. The molecule has 1 aliphatic heterocycles. The molecule has 0 radical (unpaired) electrons. The molecule has 1 fully saturated rings. The Morgan fingerprint density at radius 3 is 2.52 bits per heavy atom. The average Bonchev–Trinajstić information content (AvgIpc) is 3.11. The topological polar surface area (TPSA) is 49.4 Å². The lowest BCUT2D eigenvalue weighted by molar-refractivity contribution is -0.133. The van der Waals surface area contributed by atoms with Crippen LogP contribution in [0.25, 0.3) is 0 Å². The van der Waals surface area contributed by atoms with E-state index in [0.717, 1.165) is 11.1 Å². The number of hydrogen-bond acceptors (Lipinski definition) is 2. The zero-order valence-electron chi connectivity index (χ0n) is 15.7. The first-order valence-corrected chi connectivity index (χ1v) is 9.31. The molecule has 0 aromatic heterocycles. The lowest BCUT2D eigenvalue weighted by Gasteiger charge is -2.18. The molecular weight excluding hydrogens is 343 g/mol. The fourth-order valence-corrected chi connectivity index (χ4v) is 3.61. The van der Waals surface area contributed by atoms with Crippen molar-refractivity contribution in [3.63, 3.8) is 0 Å². The van der Waals surface area contributed by atoms with Crippen molar-refractivity contribution in [2.24, 2.45) is 11.8 Å². The highest BCUT2D eigenvalue weighted by molar-refractivity contribution is 5.84. The first kappa shape index (κ1) is 19.1. The van der Waals surface area contributed by atoms with E-state index < -0.39 is 5.92 Å². The van der Waals surface area contributed by atoms with Crippen LogP contribution >= 0.6 is 0 Å². The molecule has 1 heterocycles. The number of carbonyl (C=O) groups is 2. The highest BCUT2D eigenvalue weighted by Gasteiger charge is 2.40. The van der Waals surface area contributed by atoms with Gasteiger partial charge in [-0.25, -0.2) is 4.39 Å². The number of amides is 2. The van der Waals surface area contributed by atoms with Gasteiger partial charge in [0.15, 0.2) is 0 Å². The van der Waals surface area contributed by atoms with Crippen molar-refractivity contribution in [3.05, 3.63) is 71.5 Å². The van der Waals surface area contributed by atoms with Crippen LogP contribution in [0.2, 0.25) is 0 Å². The van der Waals surface area contributed by atoms with Crippen LogP contribution in [0, 0.1) is 17.7 Å². The molecule has 2 aromatic rings. The maximum Gasteiger partial charge on any atom is 0.225 e. The second-order valence-corrected chi connectivity index (χ2v) is 7.37. The number of benzene rings is 2. The molecule has 2 atom stereocenters. The third-order valence-corrected chi connectivity index (χ3v) is 5.05. The van der Waals surface area contributed by atoms with Gasteiger partial charge in [0.25, 0.3) is 0 Å². The second-order valence-electron chi connectivity index (χ2n) is 7.37. The summed E-state index contributed by atoms with van der Waals surface area (Å²) in [5, 5.41) is 2.97. The van der Waals surface area contributed by atoms with Gasteiger partial charge in [-0.05, 0) is 23.3 Å². The summed E-state index contributed by atoms with van der Waals surface area (Å²) in [7, 11) is 0. The van der Waals surface area contributed by atoms with Gasteiger partial charge in [-0.3, -0.25) is 9.59 Å². The predicted molar refractivity (Wildman–Crippen MR) is 102 cm³/mol. The largest absolute Gasteiger partial charge is 0.352 e. The fraction of sp³-hybridized carbons (Fsp3) is 0.364. The molecule has 5 heteroatoms. The van der Waals surface area contributed by atoms with Crippen LogP contribution in [0.15, 0.2) is 54.6 Å². The number of halogens is 1. The van der Waals surface area contributed by atoms with Gasteiger partial charge in [-0.2, -0.15) is 0 Å². The van der Waals surface area contributed by atoms with Gasteiger partial charge in [0.2, 0.25) is 11.8 Å². The summed E-state index contributed by atoms with van der Waals surface area (Å²) in [5.41, 5.74) is 1.77. The summed E-state index contributed by atoms with van der Waals surface area (Å²) < 4.78 is 13.7. The average molecular weight is 368 g/mol. The molecule has 27 heavy (non-hydrogen) atoms.